The number of nitrogens with one attached hydrogen (secondary N) is 1. The quantitative estimate of drug-likeness (QED) is 0.254. The van der Waals surface area contributed by atoms with Crippen molar-refractivity contribution in [3.63, 3.8) is 0 Å². The maximum atomic E-state index is 14.5. The van der Waals surface area contributed by atoms with Gasteiger partial charge in [-0.3, -0.25) is 0 Å². The van der Waals surface area contributed by atoms with Crippen molar-refractivity contribution in [2.45, 2.75) is 38.8 Å². The van der Waals surface area contributed by atoms with E-state index in [4.69, 9.17) is 15.0 Å². The summed E-state index contributed by atoms with van der Waals surface area (Å²) in [6.45, 7) is 5.75. The fourth-order valence-electron chi connectivity index (χ4n) is 3.78. The molecule has 0 saturated carbocycles. The number of fused-ring (bicyclic) bond motifs is 2. The Balaban J connectivity index is 1.62. The van der Waals surface area contributed by atoms with Crippen molar-refractivity contribution >= 4 is 17.4 Å². The average molecular weight is 439 g/mol. The molecular formula is C21H22FN7O3. The number of carbonyl (C=O) groups is 1. The molecule has 0 bridgehead atoms. The van der Waals surface area contributed by atoms with E-state index in [1.54, 1.807) is 32.2 Å². The number of hydrogen-bond acceptors (Lipinski definition) is 7. The maximum absolute atomic E-state index is 14.5. The standard InChI is InChI=1S/C21H22FN7O3/c1-4-31-20(30)15-10-25-29-8-7-17(27-19(15)29)26-12(2)13-5-6-16(22)14-9-21(3,11-24-28-23)32-18(13)14/h5-8,10,12H,4,9,11H2,1-3H3,(H,26,27)/t12-,21?/m1/s1. The first-order chi connectivity index (χ1) is 15.3. The van der Waals surface area contributed by atoms with Crippen molar-refractivity contribution in [3.8, 4) is 5.75 Å². The Morgan fingerprint density at radius 2 is 2.31 bits per heavy atom. The molecule has 2 atom stereocenters. The summed E-state index contributed by atoms with van der Waals surface area (Å²) in [6, 6.07) is 4.49. The number of benzene rings is 1. The number of carbonyl (C=O) groups excluding carboxylic acids is 1. The van der Waals surface area contributed by atoms with E-state index in [1.165, 1.54) is 16.8 Å². The number of hydrogen-bond donors (Lipinski definition) is 1. The van der Waals surface area contributed by atoms with Crippen LogP contribution in [0, 0.1) is 5.82 Å². The molecule has 0 spiro atoms. The molecular weight excluding hydrogens is 417 g/mol. The molecule has 166 valence electrons. The number of aromatic nitrogens is 3. The van der Waals surface area contributed by atoms with Crippen LogP contribution in [0.1, 0.15) is 48.3 Å². The van der Waals surface area contributed by atoms with Crippen molar-refractivity contribution in [2.75, 3.05) is 18.5 Å². The zero-order valence-corrected chi connectivity index (χ0v) is 17.9. The van der Waals surface area contributed by atoms with Gasteiger partial charge in [-0.1, -0.05) is 11.2 Å². The van der Waals surface area contributed by atoms with Crippen LogP contribution in [0.25, 0.3) is 16.1 Å². The molecule has 1 N–H and O–H groups in total. The number of nitrogens with zero attached hydrogens (tertiary/aromatic N) is 6. The Kier molecular flexibility index (Phi) is 5.58. The first kappa shape index (κ1) is 21.4. The molecule has 3 heterocycles. The van der Waals surface area contributed by atoms with Crippen molar-refractivity contribution in [1.82, 2.24) is 14.6 Å². The van der Waals surface area contributed by atoms with E-state index in [0.29, 0.717) is 29.2 Å². The van der Waals surface area contributed by atoms with Crippen LogP contribution in [-0.2, 0) is 11.2 Å². The SMILES string of the molecule is CCOC(=O)c1cnn2ccc(N[C@H](C)c3ccc(F)c4c3OC(C)(CN=[N+]=[N-])C4)nc12. The van der Waals surface area contributed by atoms with Gasteiger partial charge in [0.05, 0.1) is 25.4 Å². The topological polar surface area (TPSA) is 127 Å². The molecule has 32 heavy (non-hydrogen) atoms. The fourth-order valence-corrected chi connectivity index (χ4v) is 3.78. The van der Waals surface area contributed by atoms with Gasteiger partial charge in [-0.2, -0.15) is 5.10 Å². The third-order valence-corrected chi connectivity index (χ3v) is 5.30. The number of azide groups is 1. The lowest BCUT2D eigenvalue weighted by Crippen LogP contribution is -2.33. The molecule has 0 radical (unpaired) electrons. The largest absolute Gasteiger partial charge is 0.486 e. The molecule has 0 amide bonds. The molecule has 0 fully saturated rings. The smallest absolute Gasteiger partial charge is 0.343 e. The lowest BCUT2D eigenvalue weighted by molar-refractivity contribution is 0.0528. The van der Waals surface area contributed by atoms with Crippen LogP contribution in [0.3, 0.4) is 0 Å². The monoisotopic (exact) mass is 439 g/mol. The van der Waals surface area contributed by atoms with E-state index in [-0.39, 0.29) is 30.6 Å². The number of anilines is 1. The molecule has 1 aliphatic heterocycles. The molecule has 0 aliphatic carbocycles. The highest BCUT2D eigenvalue weighted by atomic mass is 19.1. The molecule has 2 aromatic heterocycles. The van der Waals surface area contributed by atoms with E-state index >= 15 is 0 Å². The summed E-state index contributed by atoms with van der Waals surface area (Å²) in [5, 5.41) is 11.0. The molecule has 4 rings (SSSR count). The van der Waals surface area contributed by atoms with Gasteiger partial charge in [0.15, 0.2) is 5.65 Å². The van der Waals surface area contributed by atoms with Crippen molar-refractivity contribution in [2.24, 2.45) is 5.11 Å². The predicted molar refractivity (Wildman–Crippen MR) is 114 cm³/mol. The fraction of sp³-hybridized carbons (Fsp3) is 0.381. The van der Waals surface area contributed by atoms with Crippen molar-refractivity contribution in [1.29, 1.82) is 0 Å². The number of ether oxygens (including phenoxy) is 2. The van der Waals surface area contributed by atoms with E-state index in [0.717, 1.165) is 5.56 Å². The minimum atomic E-state index is -0.811. The number of esters is 1. The predicted octanol–water partition coefficient (Wildman–Crippen LogP) is 4.22. The number of rotatable bonds is 7. The van der Waals surface area contributed by atoms with Crippen molar-refractivity contribution in [3.05, 3.63) is 63.5 Å². The Labute approximate surface area is 183 Å². The van der Waals surface area contributed by atoms with Crippen LogP contribution in [-0.4, -0.2) is 39.3 Å². The van der Waals surface area contributed by atoms with Gasteiger partial charge in [0.1, 0.15) is 28.5 Å². The van der Waals surface area contributed by atoms with E-state index < -0.39 is 11.6 Å². The molecule has 10 nitrogen and oxygen atoms in total. The Hall–Kier alpha value is -3.85. The minimum absolute atomic E-state index is 0.0922. The van der Waals surface area contributed by atoms with Gasteiger partial charge in [-0.05, 0) is 38.4 Å². The summed E-state index contributed by atoms with van der Waals surface area (Å²) in [4.78, 5) is 19.4. The molecule has 11 heteroatoms. The summed E-state index contributed by atoms with van der Waals surface area (Å²) in [6.07, 6.45) is 3.40. The summed E-state index contributed by atoms with van der Waals surface area (Å²) in [7, 11) is 0. The van der Waals surface area contributed by atoms with Crippen LogP contribution >= 0.6 is 0 Å². The highest BCUT2D eigenvalue weighted by Gasteiger charge is 2.38. The zero-order valence-electron chi connectivity index (χ0n) is 17.9. The van der Waals surface area contributed by atoms with E-state index in [1.807, 2.05) is 6.92 Å². The highest BCUT2D eigenvalue weighted by Crippen LogP contribution is 2.42. The molecule has 3 aromatic rings. The van der Waals surface area contributed by atoms with Gasteiger partial charge >= 0.3 is 5.97 Å². The maximum Gasteiger partial charge on any atom is 0.343 e. The second-order valence-corrected chi connectivity index (χ2v) is 7.79. The second kappa shape index (κ2) is 8.35. The van der Waals surface area contributed by atoms with Gasteiger partial charge in [0.25, 0.3) is 0 Å². The van der Waals surface area contributed by atoms with Gasteiger partial charge in [0.2, 0.25) is 0 Å². The first-order valence-corrected chi connectivity index (χ1v) is 10.1. The zero-order chi connectivity index (χ0) is 22.9. The van der Waals surface area contributed by atoms with Gasteiger partial charge in [-0.25, -0.2) is 18.7 Å². The summed E-state index contributed by atoms with van der Waals surface area (Å²) < 4.78 is 27.1. The number of halogens is 1. The third kappa shape index (κ3) is 3.90. The third-order valence-electron chi connectivity index (χ3n) is 5.30. The Morgan fingerprint density at radius 3 is 3.06 bits per heavy atom. The molecule has 1 aromatic carbocycles. The average Bonchev–Trinajstić information content (AvgIpc) is 3.34. The van der Waals surface area contributed by atoms with Crippen LogP contribution in [0.15, 0.2) is 35.7 Å². The van der Waals surface area contributed by atoms with Crippen LogP contribution in [0.4, 0.5) is 10.2 Å². The van der Waals surface area contributed by atoms with Crippen LogP contribution in [0.5, 0.6) is 5.75 Å². The van der Waals surface area contributed by atoms with Crippen LogP contribution < -0.4 is 10.1 Å². The summed E-state index contributed by atoms with van der Waals surface area (Å²) in [5.41, 5.74) is 9.66. The van der Waals surface area contributed by atoms with Gasteiger partial charge in [-0.15, -0.1) is 0 Å². The molecule has 0 saturated heterocycles. The van der Waals surface area contributed by atoms with Crippen molar-refractivity contribution < 1.29 is 18.7 Å². The second-order valence-electron chi connectivity index (χ2n) is 7.79. The summed E-state index contributed by atoms with van der Waals surface area (Å²) in [5.74, 6) is 0.0880. The van der Waals surface area contributed by atoms with Gasteiger partial charge in [0, 0.05) is 28.7 Å². The minimum Gasteiger partial charge on any atom is -0.486 e. The van der Waals surface area contributed by atoms with Gasteiger partial charge < -0.3 is 14.8 Å². The lowest BCUT2D eigenvalue weighted by Gasteiger charge is -2.23. The van der Waals surface area contributed by atoms with Crippen LogP contribution in [0.2, 0.25) is 0 Å². The first-order valence-electron chi connectivity index (χ1n) is 10.1. The lowest BCUT2D eigenvalue weighted by atomic mass is 9.97. The molecule has 1 unspecified atom stereocenters. The normalized spacial score (nSPS) is 17.9. The Bertz CT molecular complexity index is 1240. The Morgan fingerprint density at radius 1 is 1.50 bits per heavy atom. The summed E-state index contributed by atoms with van der Waals surface area (Å²) >= 11 is 0. The highest BCUT2D eigenvalue weighted by molar-refractivity contribution is 5.95. The van der Waals surface area contributed by atoms with E-state index in [9.17, 15) is 9.18 Å². The van der Waals surface area contributed by atoms with E-state index in [2.05, 4.69) is 25.4 Å². The molecule has 1 aliphatic rings.